The molecule has 108 valence electrons. The van der Waals surface area contributed by atoms with Crippen molar-refractivity contribution in [3.05, 3.63) is 59.1 Å². The molecule has 4 nitrogen and oxygen atoms in total. The smallest absolute Gasteiger partial charge is 0.311 e. The number of halogens is 1. The van der Waals surface area contributed by atoms with Crippen molar-refractivity contribution in [2.75, 3.05) is 23.3 Å². The van der Waals surface area contributed by atoms with Gasteiger partial charge in [-0.15, -0.1) is 0 Å². The van der Waals surface area contributed by atoms with Crippen molar-refractivity contribution in [3.63, 3.8) is 0 Å². The second-order valence-corrected chi connectivity index (χ2v) is 5.27. The van der Waals surface area contributed by atoms with Gasteiger partial charge < -0.3 is 10.6 Å². The minimum absolute atomic E-state index is 0.167. The predicted molar refractivity (Wildman–Crippen MR) is 86.0 cm³/mol. The van der Waals surface area contributed by atoms with E-state index >= 15 is 0 Å². The van der Waals surface area contributed by atoms with E-state index in [1.807, 2.05) is 36.4 Å². The standard InChI is InChI=1S/C16H16ClN3O/c17-13-6-2-3-7-14(13)19-16(21)20-10-9-18-11-12-5-1-4-8-15(12)20/h1-8,18H,9-11H2,(H,19,21). The van der Waals surface area contributed by atoms with Gasteiger partial charge in [0, 0.05) is 25.3 Å². The molecule has 3 rings (SSSR count). The topological polar surface area (TPSA) is 44.4 Å². The van der Waals surface area contributed by atoms with Crippen LogP contribution >= 0.6 is 11.6 Å². The number of hydrogen-bond acceptors (Lipinski definition) is 2. The molecule has 1 aliphatic rings. The summed E-state index contributed by atoms with van der Waals surface area (Å²) in [5.74, 6) is 0. The van der Waals surface area contributed by atoms with Crippen LogP contribution in [-0.2, 0) is 6.54 Å². The predicted octanol–water partition coefficient (Wildman–Crippen LogP) is 3.48. The second-order valence-electron chi connectivity index (χ2n) is 4.87. The Labute approximate surface area is 128 Å². The van der Waals surface area contributed by atoms with Gasteiger partial charge in [-0.3, -0.25) is 4.90 Å². The largest absolute Gasteiger partial charge is 0.326 e. The zero-order valence-electron chi connectivity index (χ0n) is 11.5. The number of fused-ring (bicyclic) bond motifs is 1. The lowest BCUT2D eigenvalue weighted by Gasteiger charge is -2.23. The van der Waals surface area contributed by atoms with Crippen LogP contribution in [0, 0.1) is 0 Å². The first-order valence-electron chi connectivity index (χ1n) is 6.87. The Balaban J connectivity index is 1.86. The SMILES string of the molecule is O=C(Nc1ccccc1Cl)N1CCNCc2ccccc21. The maximum Gasteiger partial charge on any atom is 0.326 e. The monoisotopic (exact) mass is 301 g/mol. The van der Waals surface area contributed by atoms with Crippen LogP contribution in [0.3, 0.4) is 0 Å². The molecule has 2 amide bonds. The number of para-hydroxylation sites is 2. The number of carbonyl (C=O) groups excluding carboxylic acids is 1. The summed E-state index contributed by atoms with van der Waals surface area (Å²) >= 11 is 6.09. The second kappa shape index (κ2) is 6.16. The van der Waals surface area contributed by atoms with Crippen molar-refractivity contribution in [2.45, 2.75) is 6.54 Å². The van der Waals surface area contributed by atoms with Gasteiger partial charge in [0.25, 0.3) is 0 Å². The quantitative estimate of drug-likeness (QED) is 0.847. The van der Waals surface area contributed by atoms with E-state index in [1.54, 1.807) is 17.0 Å². The molecule has 0 fully saturated rings. The Hall–Kier alpha value is -2.04. The van der Waals surface area contributed by atoms with Crippen LogP contribution in [0.4, 0.5) is 16.2 Å². The molecular weight excluding hydrogens is 286 g/mol. The molecule has 0 spiro atoms. The van der Waals surface area contributed by atoms with Crippen molar-refractivity contribution in [1.29, 1.82) is 0 Å². The zero-order chi connectivity index (χ0) is 14.7. The average molecular weight is 302 g/mol. The molecule has 1 aliphatic heterocycles. The van der Waals surface area contributed by atoms with Crippen LogP contribution in [0.25, 0.3) is 0 Å². The number of hydrogen-bond donors (Lipinski definition) is 2. The number of carbonyl (C=O) groups is 1. The highest BCUT2D eigenvalue weighted by atomic mass is 35.5. The number of urea groups is 1. The highest BCUT2D eigenvalue weighted by molar-refractivity contribution is 6.33. The van der Waals surface area contributed by atoms with Crippen molar-refractivity contribution < 1.29 is 4.79 Å². The third kappa shape index (κ3) is 3.01. The van der Waals surface area contributed by atoms with Gasteiger partial charge in [-0.25, -0.2) is 4.79 Å². The zero-order valence-corrected chi connectivity index (χ0v) is 12.2. The van der Waals surface area contributed by atoms with Gasteiger partial charge in [0.1, 0.15) is 0 Å². The van der Waals surface area contributed by atoms with Crippen molar-refractivity contribution in [2.24, 2.45) is 0 Å². The lowest BCUT2D eigenvalue weighted by Crippen LogP contribution is -2.38. The Kier molecular flexibility index (Phi) is 4.08. The van der Waals surface area contributed by atoms with Gasteiger partial charge in [-0.2, -0.15) is 0 Å². The third-order valence-electron chi connectivity index (χ3n) is 3.47. The van der Waals surface area contributed by atoms with Crippen LogP contribution in [0.15, 0.2) is 48.5 Å². The van der Waals surface area contributed by atoms with Gasteiger partial charge >= 0.3 is 6.03 Å². The van der Waals surface area contributed by atoms with E-state index in [9.17, 15) is 4.79 Å². The van der Waals surface area contributed by atoms with Crippen LogP contribution in [0.5, 0.6) is 0 Å². The molecule has 2 N–H and O–H groups in total. The number of benzene rings is 2. The van der Waals surface area contributed by atoms with E-state index in [4.69, 9.17) is 11.6 Å². The lowest BCUT2D eigenvalue weighted by atomic mass is 10.1. The molecular formula is C16H16ClN3O. The molecule has 0 aliphatic carbocycles. The molecule has 0 bridgehead atoms. The lowest BCUT2D eigenvalue weighted by molar-refractivity contribution is 0.257. The summed E-state index contributed by atoms with van der Waals surface area (Å²) in [6, 6.07) is 15.0. The molecule has 5 heteroatoms. The van der Waals surface area contributed by atoms with Gasteiger partial charge in [0.2, 0.25) is 0 Å². The molecule has 21 heavy (non-hydrogen) atoms. The van der Waals surface area contributed by atoms with E-state index in [2.05, 4.69) is 10.6 Å². The summed E-state index contributed by atoms with van der Waals surface area (Å²) in [4.78, 5) is 14.3. The first-order chi connectivity index (χ1) is 10.3. The fourth-order valence-electron chi connectivity index (χ4n) is 2.41. The summed E-state index contributed by atoms with van der Waals surface area (Å²) in [5, 5.41) is 6.73. The van der Waals surface area contributed by atoms with Gasteiger partial charge in [0.05, 0.1) is 10.7 Å². The number of nitrogens with zero attached hydrogens (tertiary/aromatic N) is 1. The molecule has 0 aromatic heterocycles. The Bertz CT molecular complexity index is 659. The Morgan fingerprint density at radius 2 is 1.90 bits per heavy atom. The van der Waals surface area contributed by atoms with Crippen LogP contribution in [-0.4, -0.2) is 19.1 Å². The number of rotatable bonds is 1. The summed E-state index contributed by atoms with van der Waals surface area (Å²) in [6.07, 6.45) is 0. The number of anilines is 2. The van der Waals surface area contributed by atoms with Crippen molar-refractivity contribution in [3.8, 4) is 0 Å². The summed E-state index contributed by atoms with van der Waals surface area (Å²) in [7, 11) is 0. The van der Waals surface area contributed by atoms with Crippen molar-refractivity contribution in [1.82, 2.24) is 5.32 Å². The van der Waals surface area contributed by atoms with E-state index in [1.165, 1.54) is 0 Å². The molecule has 0 saturated heterocycles. The molecule has 1 heterocycles. The number of nitrogens with one attached hydrogen (secondary N) is 2. The van der Waals surface area contributed by atoms with Gasteiger partial charge in [0.15, 0.2) is 0 Å². The Morgan fingerprint density at radius 1 is 1.14 bits per heavy atom. The first kappa shape index (κ1) is 13.9. The minimum atomic E-state index is -0.167. The number of amides is 2. The Morgan fingerprint density at radius 3 is 2.76 bits per heavy atom. The van der Waals surface area contributed by atoms with Crippen molar-refractivity contribution >= 4 is 29.0 Å². The average Bonchev–Trinajstić information content (AvgIpc) is 2.72. The first-order valence-corrected chi connectivity index (χ1v) is 7.25. The fraction of sp³-hybridized carbons (Fsp3) is 0.188. The molecule has 0 unspecified atom stereocenters. The van der Waals surface area contributed by atoms with Crippen LogP contribution < -0.4 is 15.5 Å². The third-order valence-corrected chi connectivity index (χ3v) is 3.80. The molecule has 0 saturated carbocycles. The van der Waals surface area contributed by atoms with Crippen LogP contribution in [0.1, 0.15) is 5.56 Å². The molecule has 2 aromatic carbocycles. The van der Waals surface area contributed by atoms with E-state index in [0.29, 0.717) is 17.3 Å². The molecule has 0 radical (unpaired) electrons. The highest BCUT2D eigenvalue weighted by Crippen LogP contribution is 2.25. The highest BCUT2D eigenvalue weighted by Gasteiger charge is 2.21. The van der Waals surface area contributed by atoms with E-state index < -0.39 is 0 Å². The van der Waals surface area contributed by atoms with E-state index in [-0.39, 0.29) is 6.03 Å². The summed E-state index contributed by atoms with van der Waals surface area (Å²) in [5.41, 5.74) is 2.68. The molecule has 0 atom stereocenters. The maximum absolute atomic E-state index is 12.6. The summed E-state index contributed by atoms with van der Waals surface area (Å²) < 4.78 is 0. The van der Waals surface area contributed by atoms with Crippen LogP contribution in [0.2, 0.25) is 5.02 Å². The summed E-state index contributed by atoms with van der Waals surface area (Å²) in [6.45, 7) is 2.14. The van der Waals surface area contributed by atoms with E-state index in [0.717, 1.165) is 24.3 Å². The minimum Gasteiger partial charge on any atom is -0.311 e. The maximum atomic E-state index is 12.6. The van der Waals surface area contributed by atoms with Gasteiger partial charge in [-0.1, -0.05) is 41.9 Å². The van der Waals surface area contributed by atoms with Gasteiger partial charge in [-0.05, 0) is 23.8 Å². The fourth-order valence-corrected chi connectivity index (χ4v) is 2.60. The molecule has 2 aromatic rings. The normalized spacial score (nSPS) is 14.2.